The fourth-order valence-electron chi connectivity index (χ4n) is 5.92. The van der Waals surface area contributed by atoms with Crippen LogP contribution < -0.4 is 10.3 Å². The van der Waals surface area contributed by atoms with Gasteiger partial charge in [-0.3, -0.25) is 4.79 Å². The summed E-state index contributed by atoms with van der Waals surface area (Å²) in [7, 11) is 4.04. The fraction of sp³-hybridized carbons (Fsp3) is 0.619. The third kappa shape index (κ3) is 3.58. The average Bonchev–Trinajstić information content (AvgIpc) is 2.53. The van der Waals surface area contributed by atoms with Crippen molar-refractivity contribution in [3.05, 3.63) is 29.8 Å². The van der Waals surface area contributed by atoms with Gasteiger partial charge in [-0.2, -0.15) is 5.10 Å². The van der Waals surface area contributed by atoms with Crippen molar-refractivity contribution in [3.8, 4) is 0 Å². The van der Waals surface area contributed by atoms with E-state index < -0.39 is 0 Å². The first-order chi connectivity index (χ1) is 12.0. The molecule has 4 fully saturated rings. The maximum Gasteiger partial charge on any atom is 0.240 e. The second kappa shape index (κ2) is 6.47. The Hall–Kier alpha value is -1.84. The first kappa shape index (κ1) is 16.6. The number of benzene rings is 1. The standard InChI is InChI=1S/C21H29N3O/c1-24(2)19-5-3-15(4-6-19)14-22-23-20(25)13-21-10-16-7-17(11-21)9-18(8-16)12-21/h3-6,14,16-18H,7-13H2,1-2H3,(H,23,25)/b22-14+. The molecule has 1 N–H and O–H groups in total. The molecule has 134 valence electrons. The van der Waals surface area contributed by atoms with E-state index in [4.69, 9.17) is 0 Å². The Morgan fingerprint density at radius 1 is 1.12 bits per heavy atom. The van der Waals surface area contributed by atoms with Gasteiger partial charge in [-0.15, -0.1) is 0 Å². The largest absolute Gasteiger partial charge is 0.378 e. The van der Waals surface area contributed by atoms with Gasteiger partial charge in [0.05, 0.1) is 6.21 Å². The lowest BCUT2D eigenvalue weighted by Crippen LogP contribution is -2.47. The Kier molecular flexibility index (Phi) is 4.30. The lowest BCUT2D eigenvalue weighted by molar-refractivity contribution is -0.129. The number of hydrazone groups is 1. The van der Waals surface area contributed by atoms with Gasteiger partial charge in [0.15, 0.2) is 0 Å². The summed E-state index contributed by atoms with van der Waals surface area (Å²) >= 11 is 0. The molecule has 0 spiro atoms. The zero-order valence-electron chi connectivity index (χ0n) is 15.4. The van der Waals surface area contributed by atoms with Crippen LogP contribution in [0.3, 0.4) is 0 Å². The molecule has 0 aliphatic heterocycles. The molecule has 0 unspecified atom stereocenters. The summed E-state index contributed by atoms with van der Waals surface area (Å²) in [5.41, 5.74) is 5.20. The highest BCUT2D eigenvalue weighted by atomic mass is 16.2. The summed E-state index contributed by atoms with van der Waals surface area (Å²) in [4.78, 5) is 14.5. The number of carbonyl (C=O) groups excluding carboxylic acids is 1. The molecule has 25 heavy (non-hydrogen) atoms. The zero-order chi connectivity index (χ0) is 17.4. The molecule has 4 saturated carbocycles. The van der Waals surface area contributed by atoms with Gasteiger partial charge in [0.25, 0.3) is 0 Å². The summed E-state index contributed by atoms with van der Waals surface area (Å²) in [5.74, 6) is 2.75. The van der Waals surface area contributed by atoms with Crippen molar-refractivity contribution in [2.45, 2.75) is 44.9 Å². The van der Waals surface area contributed by atoms with Crippen molar-refractivity contribution in [3.63, 3.8) is 0 Å². The smallest absolute Gasteiger partial charge is 0.240 e. The van der Waals surface area contributed by atoms with Crippen molar-refractivity contribution < 1.29 is 4.79 Å². The number of rotatable bonds is 5. The topological polar surface area (TPSA) is 44.7 Å². The summed E-state index contributed by atoms with van der Waals surface area (Å²) in [6.07, 6.45) is 10.4. The van der Waals surface area contributed by atoms with Gasteiger partial charge in [-0.1, -0.05) is 12.1 Å². The van der Waals surface area contributed by atoms with E-state index in [1.54, 1.807) is 6.21 Å². The van der Waals surface area contributed by atoms with Crippen LogP contribution in [0.4, 0.5) is 5.69 Å². The van der Waals surface area contributed by atoms with Crippen LogP contribution in [-0.2, 0) is 4.79 Å². The molecule has 1 aromatic carbocycles. The van der Waals surface area contributed by atoms with Gasteiger partial charge in [0.1, 0.15) is 0 Å². The Labute approximate surface area is 150 Å². The Balaban J connectivity index is 1.32. The first-order valence-electron chi connectivity index (χ1n) is 9.61. The predicted octanol–water partition coefficient (Wildman–Crippen LogP) is 3.81. The number of carbonyl (C=O) groups is 1. The number of amides is 1. The molecular weight excluding hydrogens is 310 g/mol. The molecule has 0 radical (unpaired) electrons. The lowest BCUT2D eigenvalue weighted by atomic mass is 9.49. The molecule has 1 amide bonds. The van der Waals surface area contributed by atoms with Gasteiger partial charge in [0.2, 0.25) is 5.91 Å². The third-order valence-corrected chi connectivity index (χ3v) is 6.51. The van der Waals surface area contributed by atoms with E-state index in [1.165, 1.54) is 38.5 Å². The minimum absolute atomic E-state index is 0.0862. The quantitative estimate of drug-likeness (QED) is 0.655. The fourth-order valence-corrected chi connectivity index (χ4v) is 5.92. The van der Waals surface area contributed by atoms with Crippen molar-refractivity contribution in [1.82, 2.24) is 5.43 Å². The highest BCUT2D eigenvalue weighted by Crippen LogP contribution is 2.61. The summed E-state index contributed by atoms with van der Waals surface area (Å²) < 4.78 is 0. The second-order valence-corrected chi connectivity index (χ2v) is 8.87. The second-order valence-electron chi connectivity index (χ2n) is 8.87. The van der Waals surface area contributed by atoms with Gasteiger partial charge in [0, 0.05) is 26.2 Å². The van der Waals surface area contributed by atoms with Crippen molar-refractivity contribution >= 4 is 17.8 Å². The molecule has 4 bridgehead atoms. The highest BCUT2D eigenvalue weighted by Gasteiger charge is 2.51. The highest BCUT2D eigenvalue weighted by molar-refractivity contribution is 5.83. The predicted molar refractivity (Wildman–Crippen MR) is 102 cm³/mol. The van der Waals surface area contributed by atoms with E-state index in [2.05, 4.69) is 27.6 Å². The molecule has 4 aliphatic carbocycles. The van der Waals surface area contributed by atoms with E-state index >= 15 is 0 Å². The first-order valence-corrected chi connectivity index (χ1v) is 9.61. The maximum absolute atomic E-state index is 12.4. The number of hydrogen-bond donors (Lipinski definition) is 1. The van der Waals surface area contributed by atoms with Crippen LogP contribution in [0, 0.1) is 23.2 Å². The molecule has 0 heterocycles. The minimum Gasteiger partial charge on any atom is -0.378 e. The van der Waals surface area contributed by atoms with E-state index in [9.17, 15) is 4.79 Å². The molecule has 1 aromatic rings. The van der Waals surface area contributed by atoms with E-state index in [-0.39, 0.29) is 11.3 Å². The van der Waals surface area contributed by atoms with Crippen molar-refractivity contribution in [1.29, 1.82) is 0 Å². The summed E-state index contributed by atoms with van der Waals surface area (Å²) in [5, 5.41) is 4.18. The van der Waals surface area contributed by atoms with Crippen LogP contribution in [0.5, 0.6) is 0 Å². The number of nitrogens with one attached hydrogen (secondary N) is 1. The SMILES string of the molecule is CN(C)c1ccc(/C=N/NC(=O)CC23CC4CC(CC(C4)C2)C3)cc1. The van der Waals surface area contributed by atoms with Crippen molar-refractivity contribution in [2.75, 3.05) is 19.0 Å². The Morgan fingerprint density at radius 2 is 1.68 bits per heavy atom. The molecule has 0 aromatic heterocycles. The average molecular weight is 339 g/mol. The van der Waals surface area contributed by atoms with E-state index in [1.807, 2.05) is 26.2 Å². The molecule has 0 atom stereocenters. The van der Waals surface area contributed by atoms with Crippen LogP contribution >= 0.6 is 0 Å². The number of nitrogens with zero attached hydrogens (tertiary/aromatic N) is 2. The van der Waals surface area contributed by atoms with Crippen molar-refractivity contribution in [2.24, 2.45) is 28.3 Å². The minimum atomic E-state index is 0.0862. The summed E-state index contributed by atoms with van der Waals surface area (Å²) in [6, 6.07) is 8.14. The molecule has 4 heteroatoms. The van der Waals surface area contributed by atoms with E-state index in [0.717, 1.165) is 29.0 Å². The van der Waals surface area contributed by atoms with Gasteiger partial charge < -0.3 is 4.90 Å². The Morgan fingerprint density at radius 3 is 2.20 bits per heavy atom. The van der Waals surface area contributed by atoms with Crippen LogP contribution in [0.1, 0.15) is 50.5 Å². The molecule has 5 rings (SSSR count). The normalized spacial score (nSPS) is 33.0. The lowest BCUT2D eigenvalue weighted by Gasteiger charge is -2.56. The van der Waals surface area contributed by atoms with Crippen LogP contribution in [0.25, 0.3) is 0 Å². The summed E-state index contributed by atoms with van der Waals surface area (Å²) in [6.45, 7) is 0. The van der Waals surface area contributed by atoms with Crippen LogP contribution in [0.15, 0.2) is 29.4 Å². The number of anilines is 1. The van der Waals surface area contributed by atoms with Gasteiger partial charge in [-0.05, 0) is 79.4 Å². The Bertz CT molecular complexity index is 627. The maximum atomic E-state index is 12.4. The monoisotopic (exact) mass is 339 g/mol. The zero-order valence-corrected chi connectivity index (χ0v) is 15.4. The number of hydrogen-bond acceptors (Lipinski definition) is 3. The van der Waals surface area contributed by atoms with E-state index in [0.29, 0.717) is 6.42 Å². The van der Waals surface area contributed by atoms with Crippen LogP contribution in [0.2, 0.25) is 0 Å². The van der Waals surface area contributed by atoms with Gasteiger partial charge in [-0.25, -0.2) is 5.43 Å². The molecular formula is C21H29N3O. The van der Waals surface area contributed by atoms with Gasteiger partial charge >= 0.3 is 0 Å². The van der Waals surface area contributed by atoms with Crippen LogP contribution in [-0.4, -0.2) is 26.2 Å². The molecule has 0 saturated heterocycles. The molecule has 4 nitrogen and oxygen atoms in total. The molecule has 4 aliphatic rings. The third-order valence-electron chi connectivity index (χ3n) is 6.51.